The van der Waals surface area contributed by atoms with Crippen LogP contribution in [-0.2, 0) is 9.53 Å². The van der Waals surface area contributed by atoms with Crippen molar-refractivity contribution >= 4 is 27.6 Å². The Morgan fingerprint density at radius 2 is 2.11 bits per heavy atom. The molecule has 0 heterocycles. The Morgan fingerprint density at radius 1 is 1.44 bits per heavy atom. The van der Waals surface area contributed by atoms with Gasteiger partial charge in [0.05, 0.1) is 19.1 Å². The molecule has 1 aromatic carbocycles. The van der Waals surface area contributed by atoms with Gasteiger partial charge in [0.25, 0.3) is 0 Å². The summed E-state index contributed by atoms with van der Waals surface area (Å²) in [6.45, 7) is -0.435. The molecule has 0 unspecified atom stereocenters. The molecule has 0 aliphatic rings. The summed E-state index contributed by atoms with van der Waals surface area (Å²) >= 11 is 3.12. The van der Waals surface area contributed by atoms with Crippen LogP contribution < -0.4 is 9.47 Å². The standard InChI is InChI=1S/C10H10BrNO6/c1-16-8-4-6(11)3-7(12(14)15)10(8)18-5-9(13)17-2/h3-4H,5H2,1-2H3. The van der Waals surface area contributed by atoms with Crippen molar-refractivity contribution in [3.63, 3.8) is 0 Å². The van der Waals surface area contributed by atoms with Gasteiger partial charge in [0, 0.05) is 10.5 Å². The molecule has 98 valence electrons. The van der Waals surface area contributed by atoms with Crippen molar-refractivity contribution in [3.05, 3.63) is 26.7 Å². The second kappa shape index (κ2) is 6.20. The number of hydrogen-bond acceptors (Lipinski definition) is 6. The van der Waals surface area contributed by atoms with Crippen molar-refractivity contribution in [2.45, 2.75) is 0 Å². The van der Waals surface area contributed by atoms with Crippen LogP contribution in [0.15, 0.2) is 16.6 Å². The monoisotopic (exact) mass is 319 g/mol. The Kier molecular flexibility index (Phi) is 4.90. The summed E-state index contributed by atoms with van der Waals surface area (Å²) in [6, 6.07) is 2.76. The Balaban J connectivity index is 3.13. The first kappa shape index (κ1) is 14.2. The van der Waals surface area contributed by atoms with E-state index in [-0.39, 0.29) is 17.2 Å². The fourth-order valence-corrected chi connectivity index (χ4v) is 1.60. The third-order valence-electron chi connectivity index (χ3n) is 1.98. The van der Waals surface area contributed by atoms with Crippen LogP contribution in [0.1, 0.15) is 0 Å². The number of hydrogen-bond donors (Lipinski definition) is 0. The molecule has 0 radical (unpaired) electrons. The number of nitro groups is 1. The molecule has 0 amide bonds. The first-order valence-electron chi connectivity index (χ1n) is 4.71. The number of nitro benzene ring substituents is 1. The summed E-state index contributed by atoms with van der Waals surface area (Å²) in [4.78, 5) is 21.2. The molecule has 1 rings (SSSR count). The summed E-state index contributed by atoms with van der Waals surface area (Å²) in [6.07, 6.45) is 0. The molecule has 0 N–H and O–H groups in total. The zero-order valence-electron chi connectivity index (χ0n) is 9.64. The number of benzene rings is 1. The molecule has 0 spiro atoms. The van der Waals surface area contributed by atoms with Gasteiger partial charge in [-0.15, -0.1) is 0 Å². The van der Waals surface area contributed by atoms with Crippen LogP contribution in [-0.4, -0.2) is 31.7 Å². The van der Waals surface area contributed by atoms with E-state index < -0.39 is 17.5 Å². The van der Waals surface area contributed by atoms with Crippen LogP contribution in [0.4, 0.5) is 5.69 Å². The molecule has 0 saturated heterocycles. The summed E-state index contributed by atoms with van der Waals surface area (Å²) in [5.41, 5.74) is -0.301. The Morgan fingerprint density at radius 3 is 2.61 bits per heavy atom. The second-order valence-corrected chi connectivity index (χ2v) is 3.99. The molecule has 0 aliphatic carbocycles. The highest BCUT2D eigenvalue weighted by Crippen LogP contribution is 2.39. The van der Waals surface area contributed by atoms with E-state index in [1.165, 1.54) is 26.4 Å². The first-order valence-corrected chi connectivity index (χ1v) is 5.50. The summed E-state index contributed by atoms with van der Waals surface area (Å²) in [5, 5.41) is 10.9. The van der Waals surface area contributed by atoms with Crippen molar-refractivity contribution in [1.82, 2.24) is 0 Å². The minimum absolute atomic E-state index is 0.115. The molecule has 7 nitrogen and oxygen atoms in total. The van der Waals surface area contributed by atoms with Gasteiger partial charge in [-0.1, -0.05) is 15.9 Å². The predicted molar refractivity (Wildman–Crippen MR) is 64.9 cm³/mol. The Bertz CT molecular complexity index is 476. The number of rotatable bonds is 5. The lowest BCUT2D eigenvalue weighted by Crippen LogP contribution is -2.13. The summed E-state index contributed by atoms with van der Waals surface area (Å²) < 4.78 is 14.9. The van der Waals surface area contributed by atoms with Gasteiger partial charge >= 0.3 is 11.7 Å². The average molecular weight is 320 g/mol. The maximum Gasteiger partial charge on any atom is 0.343 e. The molecule has 0 aromatic heterocycles. The van der Waals surface area contributed by atoms with Crippen molar-refractivity contribution in [1.29, 1.82) is 0 Å². The zero-order valence-corrected chi connectivity index (χ0v) is 11.2. The van der Waals surface area contributed by atoms with Crippen molar-refractivity contribution < 1.29 is 23.9 Å². The lowest BCUT2D eigenvalue weighted by Gasteiger charge is -2.10. The molecule has 18 heavy (non-hydrogen) atoms. The normalized spacial score (nSPS) is 9.72. The number of esters is 1. The Labute approximate surface area is 111 Å². The lowest BCUT2D eigenvalue weighted by atomic mass is 10.2. The van der Waals surface area contributed by atoms with E-state index in [2.05, 4.69) is 20.7 Å². The number of methoxy groups -OCH3 is 2. The van der Waals surface area contributed by atoms with Gasteiger partial charge < -0.3 is 14.2 Å². The lowest BCUT2D eigenvalue weighted by molar-refractivity contribution is -0.386. The van der Waals surface area contributed by atoms with Crippen molar-refractivity contribution in [3.8, 4) is 11.5 Å². The fraction of sp³-hybridized carbons (Fsp3) is 0.300. The summed E-state index contributed by atoms with van der Waals surface area (Å²) in [5.74, 6) is -0.606. The minimum Gasteiger partial charge on any atom is -0.493 e. The van der Waals surface area contributed by atoms with Crippen LogP contribution in [0.25, 0.3) is 0 Å². The maximum atomic E-state index is 11.0. The molecule has 0 aliphatic heterocycles. The van der Waals surface area contributed by atoms with E-state index >= 15 is 0 Å². The molecule has 8 heteroatoms. The number of carbonyl (C=O) groups excluding carboxylic acids is 1. The zero-order chi connectivity index (χ0) is 13.7. The third-order valence-corrected chi connectivity index (χ3v) is 2.44. The van der Waals surface area contributed by atoms with Crippen LogP contribution in [0.2, 0.25) is 0 Å². The SMILES string of the molecule is COC(=O)COc1c(OC)cc(Br)cc1[N+](=O)[O-]. The van der Waals surface area contributed by atoms with Gasteiger partial charge in [-0.25, -0.2) is 4.79 Å². The highest BCUT2D eigenvalue weighted by atomic mass is 79.9. The molecule has 0 fully saturated rings. The molecule has 0 bridgehead atoms. The smallest absolute Gasteiger partial charge is 0.343 e. The van der Waals surface area contributed by atoms with Gasteiger partial charge in [-0.05, 0) is 6.07 Å². The molecule has 0 saturated carbocycles. The molecule has 1 aromatic rings. The van der Waals surface area contributed by atoms with E-state index in [1.54, 1.807) is 0 Å². The van der Waals surface area contributed by atoms with Crippen LogP contribution in [0, 0.1) is 10.1 Å². The van der Waals surface area contributed by atoms with E-state index in [0.29, 0.717) is 4.47 Å². The van der Waals surface area contributed by atoms with Crippen molar-refractivity contribution in [2.75, 3.05) is 20.8 Å². The van der Waals surface area contributed by atoms with Crippen LogP contribution in [0.3, 0.4) is 0 Å². The Hall–Kier alpha value is -1.83. The van der Waals surface area contributed by atoms with E-state index in [0.717, 1.165) is 0 Å². The largest absolute Gasteiger partial charge is 0.493 e. The van der Waals surface area contributed by atoms with Gasteiger partial charge in [0.15, 0.2) is 12.4 Å². The number of ether oxygens (including phenoxy) is 3. The number of halogens is 1. The van der Waals surface area contributed by atoms with Crippen molar-refractivity contribution in [2.24, 2.45) is 0 Å². The number of nitrogens with zero attached hydrogens (tertiary/aromatic N) is 1. The van der Waals surface area contributed by atoms with Gasteiger partial charge in [-0.3, -0.25) is 10.1 Å². The van der Waals surface area contributed by atoms with Gasteiger partial charge in [0.2, 0.25) is 5.75 Å². The molecular formula is C10H10BrNO6. The van der Waals surface area contributed by atoms with E-state index in [4.69, 9.17) is 9.47 Å². The van der Waals surface area contributed by atoms with Gasteiger partial charge in [-0.2, -0.15) is 0 Å². The fourth-order valence-electron chi connectivity index (χ4n) is 1.18. The van der Waals surface area contributed by atoms with Crippen LogP contribution in [0.5, 0.6) is 11.5 Å². The topological polar surface area (TPSA) is 87.9 Å². The molecule has 0 atom stereocenters. The second-order valence-electron chi connectivity index (χ2n) is 3.08. The average Bonchev–Trinajstić information content (AvgIpc) is 2.35. The highest BCUT2D eigenvalue weighted by molar-refractivity contribution is 9.10. The minimum atomic E-state index is -0.644. The maximum absolute atomic E-state index is 11.0. The third kappa shape index (κ3) is 3.33. The highest BCUT2D eigenvalue weighted by Gasteiger charge is 2.22. The van der Waals surface area contributed by atoms with Gasteiger partial charge in [0.1, 0.15) is 0 Å². The van der Waals surface area contributed by atoms with E-state index in [9.17, 15) is 14.9 Å². The van der Waals surface area contributed by atoms with E-state index in [1.807, 2.05) is 0 Å². The predicted octanol–water partition coefficient (Wildman–Crippen LogP) is 1.92. The first-order chi connectivity index (χ1) is 8.49. The molecular weight excluding hydrogens is 310 g/mol. The quantitative estimate of drug-likeness (QED) is 0.468. The summed E-state index contributed by atoms with van der Waals surface area (Å²) in [7, 11) is 2.54. The number of carbonyl (C=O) groups is 1. The van der Waals surface area contributed by atoms with Crippen LogP contribution >= 0.6 is 15.9 Å².